The van der Waals surface area contributed by atoms with Gasteiger partial charge in [0.2, 0.25) is 0 Å². The Hall–Kier alpha value is -1.97. The summed E-state index contributed by atoms with van der Waals surface area (Å²) in [6.07, 6.45) is -0.161. The summed E-state index contributed by atoms with van der Waals surface area (Å²) in [6, 6.07) is 4.90. The van der Waals surface area contributed by atoms with E-state index >= 15 is 0 Å². The molecule has 0 unspecified atom stereocenters. The molecule has 0 heterocycles. The second-order valence-corrected chi connectivity index (χ2v) is 3.28. The highest BCUT2D eigenvalue weighted by Gasteiger charge is 2.27. The first-order chi connectivity index (χ1) is 7.15. The number of ketones is 1. The van der Waals surface area contributed by atoms with Crippen LogP contribution in [-0.4, -0.2) is 23.1 Å². The fourth-order valence-corrected chi connectivity index (χ4v) is 1.65. The molecule has 78 valence electrons. The van der Waals surface area contributed by atoms with Crippen molar-refractivity contribution in [3.63, 3.8) is 0 Å². The van der Waals surface area contributed by atoms with Crippen LogP contribution in [0.2, 0.25) is 0 Å². The molecule has 0 fully saturated rings. The molecule has 15 heavy (non-hydrogen) atoms. The number of allylic oxidation sites excluding steroid dienone is 1. The normalized spacial score (nSPS) is 15.1. The molecule has 0 radical (unpaired) electrons. The summed E-state index contributed by atoms with van der Waals surface area (Å²) >= 11 is 0. The fraction of sp³-hybridized carbons (Fsp3) is 0.182. The molecule has 0 amide bonds. The molecule has 0 atom stereocenters. The van der Waals surface area contributed by atoms with E-state index in [9.17, 15) is 15.0 Å². The number of rotatable bonds is 1. The van der Waals surface area contributed by atoms with Gasteiger partial charge in [0, 0.05) is 5.56 Å². The van der Waals surface area contributed by atoms with Crippen LogP contribution in [0.1, 0.15) is 22.3 Å². The number of Topliss-reactive ketones (excluding diaryl/α,β-unsaturated/α-hetero) is 1. The number of carbonyl (C=O) groups excluding carboxylic acids is 1. The third kappa shape index (κ3) is 1.34. The van der Waals surface area contributed by atoms with Gasteiger partial charge >= 0.3 is 0 Å². The molecule has 4 nitrogen and oxygen atoms in total. The van der Waals surface area contributed by atoms with Crippen LogP contribution in [0.15, 0.2) is 24.0 Å². The number of fused-ring (bicyclic) bond motifs is 1. The minimum Gasteiger partial charge on any atom is -0.508 e. The molecular formula is C11H10O4. The van der Waals surface area contributed by atoms with E-state index in [1.807, 2.05) is 0 Å². The van der Waals surface area contributed by atoms with Crippen LogP contribution in [0, 0.1) is 0 Å². The van der Waals surface area contributed by atoms with E-state index in [1.54, 1.807) is 18.2 Å². The minimum atomic E-state index is -0.308. The molecule has 1 aliphatic carbocycles. The van der Waals surface area contributed by atoms with Crippen LogP contribution < -0.4 is 4.74 Å². The van der Waals surface area contributed by atoms with Crippen molar-refractivity contribution in [1.82, 2.24) is 0 Å². The number of hydrogen-bond donors (Lipinski definition) is 2. The summed E-state index contributed by atoms with van der Waals surface area (Å²) in [4.78, 5) is 11.5. The number of aliphatic hydroxyl groups is 2. The minimum absolute atomic E-state index is 0.161. The van der Waals surface area contributed by atoms with Gasteiger partial charge in [0.05, 0.1) is 19.1 Å². The maximum absolute atomic E-state index is 11.5. The quantitative estimate of drug-likeness (QED) is 0.738. The topological polar surface area (TPSA) is 66.8 Å². The molecule has 1 aromatic carbocycles. The lowest BCUT2D eigenvalue weighted by molar-refractivity contribution is 0.0973. The highest BCUT2D eigenvalue weighted by atomic mass is 16.5. The number of hydrogen-bond acceptors (Lipinski definition) is 4. The maximum atomic E-state index is 11.5. The zero-order valence-corrected chi connectivity index (χ0v) is 8.15. The Morgan fingerprint density at radius 3 is 2.73 bits per heavy atom. The standard InChI is InChI=1S/C11H10O4/c1-15-9-4-2-3-6-7(12)5-8(13)11(14)10(6)9/h2-4,13-14H,5H2,1H3. The Kier molecular flexibility index (Phi) is 2.11. The first kappa shape index (κ1) is 9.58. The monoisotopic (exact) mass is 206 g/mol. The Bertz CT molecular complexity index is 460. The Morgan fingerprint density at radius 2 is 2.07 bits per heavy atom. The molecular weight excluding hydrogens is 196 g/mol. The maximum Gasteiger partial charge on any atom is 0.171 e. The van der Waals surface area contributed by atoms with Crippen molar-refractivity contribution < 1.29 is 19.7 Å². The molecule has 4 heteroatoms. The lowest BCUT2D eigenvalue weighted by Crippen LogP contribution is -2.13. The fourth-order valence-electron chi connectivity index (χ4n) is 1.65. The molecule has 0 saturated carbocycles. The van der Waals surface area contributed by atoms with E-state index in [4.69, 9.17) is 4.74 Å². The van der Waals surface area contributed by atoms with Gasteiger partial charge in [-0.25, -0.2) is 0 Å². The van der Waals surface area contributed by atoms with E-state index in [0.29, 0.717) is 11.3 Å². The van der Waals surface area contributed by atoms with E-state index in [-0.39, 0.29) is 29.3 Å². The van der Waals surface area contributed by atoms with E-state index in [2.05, 4.69) is 0 Å². The van der Waals surface area contributed by atoms with Gasteiger partial charge in [0.15, 0.2) is 11.5 Å². The zero-order chi connectivity index (χ0) is 11.0. The molecule has 2 N–H and O–H groups in total. The number of benzene rings is 1. The van der Waals surface area contributed by atoms with Crippen molar-refractivity contribution in [3.8, 4) is 5.75 Å². The molecule has 0 saturated heterocycles. The highest BCUT2D eigenvalue weighted by Crippen LogP contribution is 2.34. The van der Waals surface area contributed by atoms with Crippen molar-refractivity contribution in [1.29, 1.82) is 0 Å². The lowest BCUT2D eigenvalue weighted by Gasteiger charge is -2.17. The number of ether oxygens (including phenoxy) is 1. The second kappa shape index (κ2) is 3.31. The molecule has 0 aliphatic heterocycles. The largest absolute Gasteiger partial charge is 0.508 e. The molecule has 0 aromatic heterocycles. The van der Waals surface area contributed by atoms with Gasteiger partial charge in [0.25, 0.3) is 0 Å². The van der Waals surface area contributed by atoms with Crippen LogP contribution in [-0.2, 0) is 0 Å². The lowest BCUT2D eigenvalue weighted by atomic mass is 9.93. The van der Waals surface area contributed by atoms with E-state index in [0.717, 1.165) is 0 Å². The first-order valence-corrected chi connectivity index (χ1v) is 4.46. The Labute approximate surface area is 86.4 Å². The Balaban J connectivity index is 2.73. The summed E-state index contributed by atoms with van der Waals surface area (Å²) in [5.74, 6) is -0.428. The third-order valence-corrected chi connectivity index (χ3v) is 2.38. The van der Waals surface area contributed by atoms with Crippen molar-refractivity contribution in [2.24, 2.45) is 0 Å². The van der Waals surface area contributed by atoms with Crippen molar-refractivity contribution in [2.45, 2.75) is 6.42 Å². The van der Waals surface area contributed by atoms with Gasteiger partial charge in [-0.2, -0.15) is 0 Å². The molecule has 1 aliphatic rings. The summed E-state index contributed by atoms with van der Waals surface area (Å²) in [5.41, 5.74) is 0.651. The second-order valence-electron chi connectivity index (χ2n) is 3.28. The molecule has 0 bridgehead atoms. The van der Waals surface area contributed by atoms with Gasteiger partial charge < -0.3 is 14.9 Å². The van der Waals surface area contributed by atoms with Gasteiger partial charge in [-0.15, -0.1) is 0 Å². The van der Waals surface area contributed by atoms with Gasteiger partial charge in [-0.3, -0.25) is 4.79 Å². The summed E-state index contributed by atoms with van der Waals surface area (Å²) < 4.78 is 5.02. The summed E-state index contributed by atoms with van der Waals surface area (Å²) in [7, 11) is 1.44. The number of aliphatic hydroxyl groups excluding tert-OH is 2. The third-order valence-electron chi connectivity index (χ3n) is 2.38. The number of methoxy groups -OCH3 is 1. The first-order valence-electron chi connectivity index (χ1n) is 4.46. The predicted octanol–water partition coefficient (Wildman–Crippen LogP) is 2.07. The average Bonchev–Trinajstić information content (AvgIpc) is 2.25. The van der Waals surface area contributed by atoms with Crippen LogP contribution in [0.5, 0.6) is 5.75 Å². The van der Waals surface area contributed by atoms with Gasteiger partial charge in [-0.1, -0.05) is 12.1 Å². The molecule has 0 spiro atoms. The van der Waals surface area contributed by atoms with Crippen LogP contribution in [0.3, 0.4) is 0 Å². The van der Waals surface area contributed by atoms with Crippen LogP contribution in [0.25, 0.3) is 5.76 Å². The van der Waals surface area contributed by atoms with Crippen LogP contribution in [0.4, 0.5) is 0 Å². The molecule has 1 aromatic rings. The summed E-state index contributed by atoms with van der Waals surface area (Å²) in [5, 5.41) is 19.0. The van der Waals surface area contributed by atoms with Crippen molar-refractivity contribution in [2.75, 3.05) is 7.11 Å². The average molecular weight is 206 g/mol. The van der Waals surface area contributed by atoms with Crippen molar-refractivity contribution >= 4 is 11.5 Å². The summed E-state index contributed by atoms with van der Waals surface area (Å²) in [6.45, 7) is 0. The van der Waals surface area contributed by atoms with Crippen LogP contribution >= 0.6 is 0 Å². The Morgan fingerprint density at radius 1 is 1.33 bits per heavy atom. The smallest absolute Gasteiger partial charge is 0.171 e. The van der Waals surface area contributed by atoms with E-state index < -0.39 is 0 Å². The highest BCUT2D eigenvalue weighted by molar-refractivity contribution is 6.05. The van der Waals surface area contributed by atoms with E-state index in [1.165, 1.54) is 7.11 Å². The number of carbonyl (C=O) groups is 1. The molecule has 2 rings (SSSR count). The zero-order valence-electron chi connectivity index (χ0n) is 8.15. The van der Waals surface area contributed by atoms with Crippen molar-refractivity contribution in [3.05, 3.63) is 35.1 Å². The SMILES string of the molecule is COc1cccc2c1C(O)=C(O)CC2=O. The van der Waals surface area contributed by atoms with Gasteiger partial charge in [-0.05, 0) is 6.07 Å². The van der Waals surface area contributed by atoms with Gasteiger partial charge in [0.1, 0.15) is 11.5 Å². The predicted molar refractivity (Wildman–Crippen MR) is 54.1 cm³/mol.